The molecule has 0 radical (unpaired) electrons. The minimum absolute atomic E-state index is 0.559. The van der Waals surface area contributed by atoms with Gasteiger partial charge < -0.3 is 10.2 Å². The zero-order valence-corrected chi connectivity index (χ0v) is 11.6. The predicted octanol–water partition coefficient (Wildman–Crippen LogP) is 3.26. The van der Waals surface area contributed by atoms with E-state index in [9.17, 15) is 9.90 Å². The van der Waals surface area contributed by atoms with E-state index < -0.39 is 18.0 Å². The Labute approximate surface area is 115 Å². The van der Waals surface area contributed by atoms with Crippen molar-refractivity contribution in [2.24, 2.45) is 5.92 Å². The van der Waals surface area contributed by atoms with E-state index in [4.69, 9.17) is 5.11 Å². The maximum atomic E-state index is 11.1. The number of benzene rings is 1. The summed E-state index contributed by atoms with van der Waals surface area (Å²) < 4.78 is 0. The molecule has 0 saturated heterocycles. The first-order valence-corrected chi connectivity index (χ1v) is 7.10. The molecule has 1 aromatic carbocycles. The summed E-state index contributed by atoms with van der Waals surface area (Å²) in [4.78, 5) is 11.1. The summed E-state index contributed by atoms with van der Waals surface area (Å²) in [6.45, 7) is 1.96. The Morgan fingerprint density at radius 2 is 1.84 bits per heavy atom. The van der Waals surface area contributed by atoms with Gasteiger partial charge in [-0.1, -0.05) is 50.1 Å². The molecule has 0 saturated carbocycles. The number of carboxylic acids is 1. The zero-order valence-electron chi connectivity index (χ0n) is 11.6. The van der Waals surface area contributed by atoms with Crippen LogP contribution in [0.4, 0.5) is 0 Å². The Hall–Kier alpha value is -1.35. The van der Waals surface area contributed by atoms with Gasteiger partial charge in [-0.05, 0) is 31.2 Å². The molecule has 0 bridgehead atoms. The molecule has 2 N–H and O–H groups in total. The van der Waals surface area contributed by atoms with Crippen LogP contribution < -0.4 is 0 Å². The largest absolute Gasteiger partial charge is 0.481 e. The average molecular weight is 264 g/mol. The van der Waals surface area contributed by atoms with Crippen molar-refractivity contribution in [1.82, 2.24) is 0 Å². The van der Waals surface area contributed by atoms with E-state index in [0.717, 1.165) is 25.7 Å². The minimum Gasteiger partial charge on any atom is -0.481 e. The molecule has 1 aromatic rings. The summed E-state index contributed by atoms with van der Waals surface area (Å²) >= 11 is 0. The Morgan fingerprint density at radius 1 is 1.16 bits per heavy atom. The smallest absolute Gasteiger partial charge is 0.309 e. The lowest BCUT2D eigenvalue weighted by atomic mass is 9.92. The molecule has 106 valence electrons. The molecule has 0 aliphatic heterocycles. The highest BCUT2D eigenvalue weighted by molar-refractivity contribution is 5.70. The number of unbranched alkanes of at least 4 members (excludes halogenated alkanes) is 1. The minimum atomic E-state index is -0.874. The number of aliphatic hydroxyl groups excluding tert-OH is 1. The van der Waals surface area contributed by atoms with Crippen LogP contribution in [0.3, 0.4) is 0 Å². The van der Waals surface area contributed by atoms with Crippen molar-refractivity contribution < 1.29 is 15.0 Å². The molecule has 3 nitrogen and oxygen atoms in total. The van der Waals surface area contributed by atoms with Gasteiger partial charge in [0.15, 0.2) is 0 Å². The molecule has 0 aliphatic carbocycles. The van der Waals surface area contributed by atoms with Crippen LogP contribution in [0.15, 0.2) is 30.3 Å². The Balaban J connectivity index is 2.30. The lowest BCUT2D eigenvalue weighted by Crippen LogP contribution is -2.28. The van der Waals surface area contributed by atoms with Gasteiger partial charge in [-0.15, -0.1) is 0 Å². The molecule has 0 amide bonds. The standard InChI is InChI=1S/C16H24O3/c1-2-8-15(17)14(16(18)19)12-7-6-11-13-9-4-3-5-10-13/h3-5,9-10,14-15,17H,2,6-8,11-12H2,1H3,(H,18,19). The van der Waals surface area contributed by atoms with Gasteiger partial charge in [-0.25, -0.2) is 0 Å². The van der Waals surface area contributed by atoms with E-state index in [1.54, 1.807) is 0 Å². The normalized spacial score (nSPS) is 14.0. The fourth-order valence-electron chi connectivity index (χ4n) is 2.32. The van der Waals surface area contributed by atoms with Crippen LogP contribution >= 0.6 is 0 Å². The van der Waals surface area contributed by atoms with Crippen molar-refractivity contribution in [1.29, 1.82) is 0 Å². The maximum Gasteiger partial charge on any atom is 0.309 e. The van der Waals surface area contributed by atoms with E-state index in [1.807, 2.05) is 25.1 Å². The number of hydrogen-bond donors (Lipinski definition) is 2. The van der Waals surface area contributed by atoms with Gasteiger partial charge in [0.25, 0.3) is 0 Å². The second kappa shape index (κ2) is 8.70. The van der Waals surface area contributed by atoms with E-state index in [1.165, 1.54) is 5.56 Å². The summed E-state index contributed by atoms with van der Waals surface area (Å²) in [5.41, 5.74) is 1.28. The fourth-order valence-corrected chi connectivity index (χ4v) is 2.32. The average Bonchev–Trinajstić information content (AvgIpc) is 2.39. The first kappa shape index (κ1) is 15.7. The number of aryl methyl sites for hydroxylation is 1. The van der Waals surface area contributed by atoms with Crippen LogP contribution in [0, 0.1) is 5.92 Å². The molecule has 0 aliphatic rings. The first-order valence-electron chi connectivity index (χ1n) is 7.10. The van der Waals surface area contributed by atoms with Gasteiger partial charge in [0.1, 0.15) is 0 Å². The molecule has 19 heavy (non-hydrogen) atoms. The van der Waals surface area contributed by atoms with E-state index in [2.05, 4.69) is 12.1 Å². The summed E-state index contributed by atoms with van der Waals surface area (Å²) in [6, 6.07) is 10.2. The third-order valence-electron chi connectivity index (χ3n) is 3.44. The summed E-state index contributed by atoms with van der Waals surface area (Å²) in [5, 5.41) is 18.9. The van der Waals surface area contributed by atoms with Crippen LogP contribution in [0.1, 0.15) is 44.6 Å². The van der Waals surface area contributed by atoms with Crippen molar-refractivity contribution in [3.05, 3.63) is 35.9 Å². The molecular formula is C16H24O3. The number of hydrogen-bond acceptors (Lipinski definition) is 2. The maximum absolute atomic E-state index is 11.1. The lowest BCUT2D eigenvalue weighted by Gasteiger charge is -2.18. The quantitative estimate of drug-likeness (QED) is 0.673. The summed E-state index contributed by atoms with van der Waals surface area (Å²) in [6.07, 6.45) is 4.00. The highest BCUT2D eigenvalue weighted by atomic mass is 16.4. The second-order valence-corrected chi connectivity index (χ2v) is 5.03. The van der Waals surface area contributed by atoms with Crippen molar-refractivity contribution in [3.63, 3.8) is 0 Å². The van der Waals surface area contributed by atoms with Crippen molar-refractivity contribution in [3.8, 4) is 0 Å². The van der Waals surface area contributed by atoms with Crippen LogP contribution in [-0.2, 0) is 11.2 Å². The lowest BCUT2D eigenvalue weighted by molar-refractivity contribution is -0.146. The molecule has 0 fully saturated rings. The number of aliphatic carboxylic acids is 1. The fraction of sp³-hybridized carbons (Fsp3) is 0.562. The van der Waals surface area contributed by atoms with Gasteiger partial charge in [0, 0.05) is 0 Å². The van der Waals surface area contributed by atoms with Crippen LogP contribution in [0.5, 0.6) is 0 Å². The molecule has 0 heterocycles. The monoisotopic (exact) mass is 264 g/mol. The number of carbonyl (C=O) groups is 1. The summed E-state index contributed by atoms with van der Waals surface area (Å²) in [5.74, 6) is -1.49. The van der Waals surface area contributed by atoms with E-state index in [0.29, 0.717) is 12.8 Å². The molecule has 3 heteroatoms. The highest BCUT2D eigenvalue weighted by Gasteiger charge is 2.24. The molecule has 2 atom stereocenters. The third-order valence-corrected chi connectivity index (χ3v) is 3.44. The SMILES string of the molecule is CCCC(O)C(CCCCc1ccccc1)C(=O)O. The topological polar surface area (TPSA) is 57.5 Å². The van der Waals surface area contributed by atoms with Gasteiger partial charge in [0.05, 0.1) is 12.0 Å². The highest BCUT2D eigenvalue weighted by Crippen LogP contribution is 2.18. The number of aliphatic hydroxyl groups is 1. The van der Waals surface area contributed by atoms with Gasteiger partial charge in [-0.2, -0.15) is 0 Å². The van der Waals surface area contributed by atoms with Gasteiger partial charge in [-0.3, -0.25) is 4.79 Å². The Morgan fingerprint density at radius 3 is 2.42 bits per heavy atom. The van der Waals surface area contributed by atoms with Gasteiger partial charge >= 0.3 is 5.97 Å². The third kappa shape index (κ3) is 5.88. The first-order chi connectivity index (χ1) is 9.15. The molecule has 0 spiro atoms. The van der Waals surface area contributed by atoms with Gasteiger partial charge in [0.2, 0.25) is 0 Å². The Bertz CT molecular complexity index is 362. The van der Waals surface area contributed by atoms with Crippen molar-refractivity contribution in [2.75, 3.05) is 0 Å². The van der Waals surface area contributed by atoms with Crippen molar-refractivity contribution in [2.45, 2.75) is 51.6 Å². The molecule has 0 aromatic heterocycles. The second-order valence-electron chi connectivity index (χ2n) is 5.03. The van der Waals surface area contributed by atoms with E-state index in [-0.39, 0.29) is 0 Å². The van der Waals surface area contributed by atoms with E-state index >= 15 is 0 Å². The Kier molecular flexibility index (Phi) is 7.19. The van der Waals surface area contributed by atoms with Crippen LogP contribution in [0.25, 0.3) is 0 Å². The number of rotatable bonds is 9. The van der Waals surface area contributed by atoms with Crippen LogP contribution in [-0.4, -0.2) is 22.3 Å². The molecule has 1 rings (SSSR count). The van der Waals surface area contributed by atoms with Crippen LogP contribution in [0.2, 0.25) is 0 Å². The summed E-state index contributed by atoms with van der Waals surface area (Å²) in [7, 11) is 0. The zero-order chi connectivity index (χ0) is 14.1. The van der Waals surface area contributed by atoms with Crippen molar-refractivity contribution >= 4 is 5.97 Å². The molecule has 2 unspecified atom stereocenters. The predicted molar refractivity (Wildman–Crippen MR) is 76.0 cm³/mol. The molecular weight excluding hydrogens is 240 g/mol. The number of carboxylic acid groups (broad SMARTS) is 1.